The fourth-order valence-electron chi connectivity index (χ4n) is 10.3. The molecule has 0 radical (unpaired) electrons. The van der Waals surface area contributed by atoms with E-state index in [1.54, 1.807) is 41.3 Å². The zero-order valence-electron chi connectivity index (χ0n) is 37.6. The van der Waals surface area contributed by atoms with Gasteiger partial charge in [-0.2, -0.15) is 0 Å². The third-order valence-corrected chi connectivity index (χ3v) is 13.2. The molecule has 14 nitrogen and oxygen atoms in total. The van der Waals surface area contributed by atoms with E-state index in [1.165, 1.54) is 0 Å². The van der Waals surface area contributed by atoms with E-state index >= 15 is 0 Å². The van der Waals surface area contributed by atoms with E-state index < -0.39 is 30.1 Å². The average molecular weight is 907 g/mol. The summed E-state index contributed by atoms with van der Waals surface area (Å²) in [6.45, 7) is 9.00. The van der Waals surface area contributed by atoms with E-state index in [4.69, 9.17) is 43.2 Å². The van der Waals surface area contributed by atoms with Gasteiger partial charge in [0.25, 0.3) is 0 Å². The number of hydrogen-bond acceptors (Lipinski definition) is 13. The van der Waals surface area contributed by atoms with Gasteiger partial charge < -0.3 is 48.2 Å². The first-order valence-corrected chi connectivity index (χ1v) is 23.4. The minimum Gasteiger partial charge on any atom is -0.459 e. The second-order valence-electron chi connectivity index (χ2n) is 17.5. The van der Waals surface area contributed by atoms with Crippen LogP contribution >= 0.6 is 0 Å². The number of aliphatic hydroxyl groups is 2. The number of hydrogen-bond donors (Lipinski definition) is 2. The van der Waals surface area contributed by atoms with E-state index in [0.717, 1.165) is 61.5 Å². The minimum absolute atomic E-state index is 0.0172. The minimum atomic E-state index is -1.53. The molecule has 1 saturated heterocycles. The van der Waals surface area contributed by atoms with Crippen molar-refractivity contribution in [2.24, 2.45) is 22.9 Å². The molecule has 352 valence electrons. The fourth-order valence-corrected chi connectivity index (χ4v) is 10.3. The van der Waals surface area contributed by atoms with Gasteiger partial charge in [-0.25, -0.2) is 4.79 Å². The third kappa shape index (κ3) is 10.3. The standard InChI is InChI=1S/C52H62N2O12/c1-3-5-25-60-51(58)54(32-35-18-20-45-46(28-35)62-34-61-45)47-31-43(53-66-48-17-8-11-26-59-48)41-29-37(14-6-9-22-55)40(16-7-10-23-56)49-42-30-39(64-38-15-12-13-36(27-38)33-57)19-21-44(42)65-52(47,50(41)49)63-24-4-2/h3-4,12-13,15,18-21,27-30,33,37,40,47-50,55-56H,1-2,5-11,14,16-17,22-26,31-32,34H2/t37-,40+,47-,48?,49+,50+,52+/m0/s1. The first kappa shape index (κ1) is 46.8. The number of ether oxygens (including phenoxy) is 7. The maximum atomic E-state index is 14.8. The number of carbonyl (C=O) groups is 2. The van der Waals surface area contributed by atoms with Crippen molar-refractivity contribution in [2.45, 2.75) is 101 Å². The van der Waals surface area contributed by atoms with Crippen molar-refractivity contribution in [1.29, 1.82) is 0 Å². The molecule has 0 bridgehead atoms. The molecule has 3 heterocycles. The summed E-state index contributed by atoms with van der Waals surface area (Å²) in [6, 6.07) is 17.5. The molecule has 66 heavy (non-hydrogen) atoms. The third-order valence-electron chi connectivity index (χ3n) is 13.2. The van der Waals surface area contributed by atoms with Crippen LogP contribution in [-0.4, -0.2) is 91.2 Å². The van der Waals surface area contributed by atoms with Gasteiger partial charge in [0.1, 0.15) is 29.6 Å². The van der Waals surface area contributed by atoms with Crippen LogP contribution in [0.5, 0.6) is 28.7 Å². The van der Waals surface area contributed by atoms with E-state index in [1.807, 2.05) is 36.4 Å². The first-order chi connectivity index (χ1) is 32.4. The summed E-state index contributed by atoms with van der Waals surface area (Å²) >= 11 is 0. The maximum absolute atomic E-state index is 14.8. The summed E-state index contributed by atoms with van der Waals surface area (Å²) in [5.74, 6) is 0.420. The molecular weight excluding hydrogens is 845 g/mol. The topological polar surface area (TPSA) is 164 Å². The Morgan fingerprint density at radius 1 is 0.924 bits per heavy atom. The molecule has 8 rings (SSSR count). The highest BCUT2D eigenvalue weighted by Crippen LogP contribution is 2.62. The summed E-state index contributed by atoms with van der Waals surface area (Å²) in [6.07, 6.45) is 12.9. The first-order valence-electron chi connectivity index (χ1n) is 23.4. The fraction of sp³-hybridized carbons (Fsp3) is 0.481. The van der Waals surface area contributed by atoms with E-state index in [9.17, 15) is 19.8 Å². The molecule has 2 aliphatic carbocycles. The highest BCUT2D eigenvalue weighted by atomic mass is 16.8. The molecule has 2 fully saturated rings. The quantitative estimate of drug-likeness (QED) is 0.0426. The number of nitrogens with zero attached hydrogens (tertiary/aromatic N) is 2. The highest BCUT2D eigenvalue weighted by molar-refractivity contribution is 6.03. The molecule has 3 aliphatic heterocycles. The van der Waals surface area contributed by atoms with Crippen LogP contribution in [0.3, 0.4) is 0 Å². The zero-order chi connectivity index (χ0) is 45.9. The van der Waals surface area contributed by atoms with Crippen molar-refractivity contribution in [3.8, 4) is 28.7 Å². The van der Waals surface area contributed by atoms with Crippen molar-refractivity contribution in [1.82, 2.24) is 4.90 Å². The Morgan fingerprint density at radius 2 is 1.74 bits per heavy atom. The van der Waals surface area contributed by atoms with E-state index in [0.29, 0.717) is 72.3 Å². The lowest BCUT2D eigenvalue weighted by molar-refractivity contribution is -0.256. The molecule has 0 spiro atoms. The summed E-state index contributed by atoms with van der Waals surface area (Å²) in [7, 11) is 0. The molecule has 7 atom stereocenters. The number of amides is 1. The Bertz CT molecular complexity index is 2240. The smallest absolute Gasteiger partial charge is 0.410 e. The summed E-state index contributed by atoms with van der Waals surface area (Å²) < 4.78 is 44.5. The van der Waals surface area contributed by atoms with Gasteiger partial charge in [0.15, 0.2) is 11.5 Å². The van der Waals surface area contributed by atoms with Gasteiger partial charge in [-0.15, -0.1) is 13.2 Å². The van der Waals surface area contributed by atoms with Crippen LogP contribution in [0.25, 0.3) is 0 Å². The lowest BCUT2D eigenvalue weighted by Gasteiger charge is -2.59. The van der Waals surface area contributed by atoms with Crippen LogP contribution in [0.2, 0.25) is 0 Å². The summed E-state index contributed by atoms with van der Waals surface area (Å²) in [5, 5.41) is 25.0. The van der Waals surface area contributed by atoms with Crippen molar-refractivity contribution in [2.75, 3.05) is 39.8 Å². The van der Waals surface area contributed by atoms with Gasteiger partial charge in [0, 0.05) is 49.6 Å². The normalized spacial score (nSPS) is 25.4. The summed E-state index contributed by atoms with van der Waals surface area (Å²) in [5.41, 5.74) is 3.68. The molecule has 1 amide bonds. The number of aliphatic hydroxyl groups excluding tert-OH is 2. The lowest BCUT2D eigenvalue weighted by atomic mass is 9.55. The van der Waals surface area contributed by atoms with Crippen LogP contribution in [0.4, 0.5) is 4.79 Å². The Morgan fingerprint density at radius 3 is 2.53 bits per heavy atom. The largest absolute Gasteiger partial charge is 0.459 e. The lowest BCUT2D eigenvalue weighted by Crippen LogP contribution is -2.70. The van der Waals surface area contributed by atoms with Crippen molar-refractivity contribution < 1.29 is 57.8 Å². The Hall–Kier alpha value is -5.67. The molecular formula is C52H62N2O12. The predicted molar refractivity (Wildman–Crippen MR) is 246 cm³/mol. The molecule has 3 aromatic carbocycles. The molecule has 3 aromatic rings. The van der Waals surface area contributed by atoms with Crippen molar-refractivity contribution in [3.05, 3.63) is 114 Å². The van der Waals surface area contributed by atoms with Crippen molar-refractivity contribution >= 4 is 18.1 Å². The van der Waals surface area contributed by atoms with Gasteiger partial charge in [-0.3, -0.25) is 9.69 Å². The number of aldehydes is 1. The van der Waals surface area contributed by atoms with Crippen LogP contribution in [0, 0.1) is 17.8 Å². The van der Waals surface area contributed by atoms with Gasteiger partial charge in [0.2, 0.25) is 18.9 Å². The van der Waals surface area contributed by atoms with Crippen LogP contribution in [-0.2, 0) is 25.6 Å². The average Bonchev–Trinajstić information content (AvgIpc) is 3.82. The second-order valence-corrected chi connectivity index (χ2v) is 17.5. The molecule has 1 unspecified atom stereocenters. The molecule has 14 heteroatoms. The number of allylic oxidation sites excluding steroid dienone is 1. The van der Waals surface area contributed by atoms with Gasteiger partial charge >= 0.3 is 6.09 Å². The Balaban J connectivity index is 1.33. The van der Waals surface area contributed by atoms with Crippen molar-refractivity contribution in [3.63, 3.8) is 0 Å². The number of unbranched alkanes of at least 4 members (excludes halogenated alkanes) is 2. The molecule has 1 saturated carbocycles. The molecule has 0 aromatic heterocycles. The Kier molecular flexibility index (Phi) is 15.8. The maximum Gasteiger partial charge on any atom is 0.410 e. The van der Waals surface area contributed by atoms with Crippen LogP contribution in [0.1, 0.15) is 98.0 Å². The number of fused-ring (bicyclic) bond motifs is 3. The van der Waals surface area contributed by atoms with Crippen LogP contribution < -0.4 is 18.9 Å². The SMILES string of the molecule is C=CCCOC(=O)N(Cc1ccc2c(c1)OCO2)[C@H]1CC(=NOC2CCCCO2)C2=C[C@H](CCCCO)[C@@H](CCCCO)[C@@H]3c4cc(Oc5cccc(C=O)c5)ccc4O[C@@]1(OCC=C)[C@H]23. The number of benzene rings is 3. The zero-order valence-corrected chi connectivity index (χ0v) is 37.6. The van der Waals surface area contributed by atoms with Gasteiger partial charge in [0.05, 0.1) is 31.5 Å². The monoisotopic (exact) mass is 906 g/mol. The predicted octanol–water partition coefficient (Wildman–Crippen LogP) is 9.40. The number of oxime groups is 1. The van der Waals surface area contributed by atoms with E-state index in [-0.39, 0.29) is 63.9 Å². The molecule has 2 N–H and O–H groups in total. The van der Waals surface area contributed by atoms with E-state index in [2.05, 4.69) is 19.2 Å². The highest BCUT2D eigenvalue weighted by Gasteiger charge is 2.66. The summed E-state index contributed by atoms with van der Waals surface area (Å²) in [4.78, 5) is 34.6. The number of carbonyl (C=O) groups excluding carboxylic acids is 2. The van der Waals surface area contributed by atoms with Gasteiger partial charge in [-0.1, -0.05) is 54.4 Å². The Labute approximate surface area is 386 Å². The molecule has 5 aliphatic rings. The van der Waals surface area contributed by atoms with Crippen LogP contribution in [0.15, 0.2) is 103 Å². The second kappa shape index (κ2) is 22.2. The van der Waals surface area contributed by atoms with Gasteiger partial charge in [-0.05, 0) is 110 Å². The number of rotatable bonds is 22.